The maximum atomic E-state index is 10.5. The molecule has 2 aromatic heterocycles. The van der Waals surface area contributed by atoms with Crippen molar-refractivity contribution in [1.82, 2.24) is 9.55 Å². The molecule has 1 saturated carbocycles. The van der Waals surface area contributed by atoms with E-state index < -0.39 is 6.10 Å². The summed E-state index contributed by atoms with van der Waals surface area (Å²) in [6.45, 7) is 0.793. The molecule has 0 amide bonds. The van der Waals surface area contributed by atoms with Crippen LogP contribution in [0.15, 0.2) is 59.7 Å². The van der Waals surface area contributed by atoms with Gasteiger partial charge in [0, 0.05) is 11.1 Å². The molecule has 0 spiro atoms. The van der Waals surface area contributed by atoms with Gasteiger partial charge in [0.1, 0.15) is 0 Å². The van der Waals surface area contributed by atoms with Crippen molar-refractivity contribution >= 4 is 0 Å². The summed E-state index contributed by atoms with van der Waals surface area (Å²) < 4.78 is 13.2. The number of imidazole rings is 1. The number of aromatic nitrogens is 2. The Hall–Kier alpha value is -2.37. The average Bonchev–Trinajstić information content (AvgIpc) is 3.37. The fraction of sp³-hybridized carbons (Fsp3) is 0.409. The van der Waals surface area contributed by atoms with E-state index in [1.165, 1.54) is 19.3 Å². The van der Waals surface area contributed by atoms with Crippen molar-refractivity contribution in [1.29, 1.82) is 0 Å². The lowest BCUT2D eigenvalue weighted by Gasteiger charge is -2.23. The number of ether oxygens (including phenoxy) is 1. The van der Waals surface area contributed by atoms with Gasteiger partial charge in [0.05, 0.1) is 55.6 Å². The molecule has 4 rings (SSSR count). The topological polar surface area (TPSA) is 60.4 Å². The summed E-state index contributed by atoms with van der Waals surface area (Å²) in [5.74, 6) is 0. The van der Waals surface area contributed by atoms with Crippen LogP contribution in [0.5, 0.6) is 0 Å². The zero-order chi connectivity index (χ0) is 18.5. The number of hydrogen-bond donors (Lipinski definition) is 1. The minimum absolute atomic E-state index is 0.296. The van der Waals surface area contributed by atoms with E-state index in [9.17, 15) is 5.11 Å². The van der Waals surface area contributed by atoms with Crippen molar-refractivity contribution in [2.75, 3.05) is 6.61 Å². The molecule has 0 saturated heterocycles. The quantitative estimate of drug-likeness (QED) is 0.668. The summed E-state index contributed by atoms with van der Waals surface area (Å²) in [4.78, 5) is 4.61. The maximum Gasteiger partial charge on any atom is 0.0996 e. The van der Waals surface area contributed by atoms with Gasteiger partial charge in [0.2, 0.25) is 0 Å². The third-order valence-electron chi connectivity index (χ3n) is 5.16. The fourth-order valence-electron chi connectivity index (χ4n) is 3.79. The van der Waals surface area contributed by atoms with Gasteiger partial charge in [0.15, 0.2) is 0 Å². The molecule has 27 heavy (non-hydrogen) atoms. The lowest BCUT2D eigenvalue weighted by atomic mass is 9.98. The highest BCUT2D eigenvalue weighted by Crippen LogP contribution is 2.31. The van der Waals surface area contributed by atoms with Crippen LogP contribution in [0.3, 0.4) is 0 Å². The minimum Gasteiger partial charge on any atom is -0.472 e. The molecule has 1 N–H and O–H groups in total. The summed E-state index contributed by atoms with van der Waals surface area (Å²) in [5.41, 5.74) is 3.83. The van der Waals surface area contributed by atoms with Crippen molar-refractivity contribution in [3.05, 3.63) is 55.3 Å². The summed E-state index contributed by atoms with van der Waals surface area (Å²) in [7, 11) is 0. The molecule has 0 bridgehead atoms. The Labute approximate surface area is 159 Å². The Kier molecular flexibility index (Phi) is 5.70. The number of furan rings is 1. The number of benzene rings is 1. The van der Waals surface area contributed by atoms with Crippen molar-refractivity contribution in [3.63, 3.8) is 0 Å². The molecule has 142 valence electrons. The summed E-state index contributed by atoms with van der Waals surface area (Å²) in [6.07, 6.45) is 10.9. The monoisotopic (exact) mass is 366 g/mol. The van der Waals surface area contributed by atoms with Gasteiger partial charge < -0.3 is 18.8 Å². The Bertz CT molecular complexity index is 821. The van der Waals surface area contributed by atoms with Gasteiger partial charge in [-0.1, -0.05) is 49.6 Å². The Morgan fingerprint density at radius 2 is 1.93 bits per heavy atom. The van der Waals surface area contributed by atoms with Crippen LogP contribution in [0.4, 0.5) is 0 Å². The highest BCUT2D eigenvalue weighted by atomic mass is 16.5. The van der Waals surface area contributed by atoms with E-state index in [2.05, 4.69) is 4.98 Å². The highest BCUT2D eigenvalue weighted by Gasteiger charge is 2.19. The molecule has 5 nitrogen and oxygen atoms in total. The molecule has 1 atom stereocenters. The van der Waals surface area contributed by atoms with Gasteiger partial charge >= 0.3 is 0 Å². The predicted octanol–water partition coefficient (Wildman–Crippen LogP) is 4.52. The first-order chi connectivity index (χ1) is 13.3. The smallest absolute Gasteiger partial charge is 0.0996 e. The van der Waals surface area contributed by atoms with E-state index in [1.807, 2.05) is 41.0 Å². The van der Waals surface area contributed by atoms with Crippen LogP contribution >= 0.6 is 0 Å². The lowest BCUT2D eigenvalue weighted by molar-refractivity contribution is -0.0282. The summed E-state index contributed by atoms with van der Waals surface area (Å²) in [5, 5.41) is 10.5. The van der Waals surface area contributed by atoms with Gasteiger partial charge in [-0.2, -0.15) is 0 Å². The third-order valence-corrected chi connectivity index (χ3v) is 5.16. The van der Waals surface area contributed by atoms with Crippen LogP contribution in [-0.2, 0) is 11.3 Å². The first kappa shape index (κ1) is 18.0. The Morgan fingerprint density at radius 1 is 1.11 bits per heavy atom. The Morgan fingerprint density at radius 3 is 2.67 bits per heavy atom. The van der Waals surface area contributed by atoms with Crippen LogP contribution in [0.2, 0.25) is 0 Å². The molecule has 0 radical (unpaired) electrons. The van der Waals surface area contributed by atoms with Crippen LogP contribution < -0.4 is 0 Å². The second-order valence-corrected chi connectivity index (χ2v) is 7.22. The number of hydrogen-bond acceptors (Lipinski definition) is 4. The van der Waals surface area contributed by atoms with Gasteiger partial charge in [-0.25, -0.2) is 4.98 Å². The van der Waals surface area contributed by atoms with Crippen molar-refractivity contribution in [2.24, 2.45) is 0 Å². The predicted molar refractivity (Wildman–Crippen MR) is 104 cm³/mol. The second kappa shape index (κ2) is 8.55. The van der Waals surface area contributed by atoms with Crippen molar-refractivity contribution in [3.8, 4) is 22.5 Å². The van der Waals surface area contributed by atoms with Gasteiger partial charge in [0.25, 0.3) is 0 Å². The van der Waals surface area contributed by atoms with E-state index in [-0.39, 0.29) is 0 Å². The molecule has 1 fully saturated rings. The number of nitrogens with zero attached hydrogens (tertiary/aromatic N) is 2. The molecular formula is C22H26N2O3. The summed E-state index contributed by atoms with van der Waals surface area (Å²) in [6, 6.07) is 12.0. The highest BCUT2D eigenvalue weighted by molar-refractivity contribution is 5.78. The zero-order valence-corrected chi connectivity index (χ0v) is 15.5. The van der Waals surface area contributed by atoms with Crippen LogP contribution in [0, 0.1) is 0 Å². The van der Waals surface area contributed by atoms with E-state index in [1.54, 1.807) is 18.9 Å². The molecule has 1 aromatic carbocycles. The molecular weight excluding hydrogens is 340 g/mol. The summed E-state index contributed by atoms with van der Waals surface area (Å²) >= 11 is 0. The van der Waals surface area contributed by atoms with Crippen molar-refractivity contribution < 1.29 is 14.3 Å². The van der Waals surface area contributed by atoms with Gasteiger partial charge in [-0.05, 0) is 18.9 Å². The standard InChI is InChI=1S/C22H26N2O3/c25-19(15-27-20-9-5-2-6-10-20)13-24-16-23-21(17-7-3-1-4-8-17)22(24)18-11-12-26-14-18/h1,3-4,7-8,11-12,14,16,19-20,25H,2,5-6,9-10,13,15H2/t19-/m1/s1. The number of aliphatic hydroxyl groups is 1. The van der Waals surface area contributed by atoms with E-state index in [0.717, 1.165) is 35.4 Å². The largest absolute Gasteiger partial charge is 0.472 e. The average molecular weight is 366 g/mol. The van der Waals surface area contributed by atoms with Gasteiger partial charge in [-0.3, -0.25) is 0 Å². The maximum absolute atomic E-state index is 10.5. The lowest BCUT2D eigenvalue weighted by Crippen LogP contribution is -2.26. The van der Waals surface area contributed by atoms with Crippen LogP contribution in [0.1, 0.15) is 32.1 Å². The Balaban J connectivity index is 1.51. The SMILES string of the molecule is O[C@@H](COC1CCCCC1)Cn1cnc(-c2ccccc2)c1-c1ccoc1. The first-order valence-electron chi connectivity index (χ1n) is 9.74. The van der Waals surface area contributed by atoms with Gasteiger partial charge in [-0.15, -0.1) is 0 Å². The molecule has 2 heterocycles. The molecule has 1 aliphatic rings. The fourth-order valence-corrected chi connectivity index (χ4v) is 3.79. The van der Waals surface area contributed by atoms with E-state index >= 15 is 0 Å². The first-order valence-corrected chi connectivity index (χ1v) is 9.74. The van der Waals surface area contributed by atoms with Crippen LogP contribution in [-0.4, -0.2) is 33.5 Å². The zero-order valence-electron chi connectivity index (χ0n) is 15.5. The minimum atomic E-state index is -0.574. The van der Waals surface area contributed by atoms with Crippen LogP contribution in [0.25, 0.3) is 22.5 Å². The molecule has 0 aliphatic heterocycles. The third kappa shape index (κ3) is 4.31. The molecule has 3 aromatic rings. The molecule has 5 heteroatoms. The molecule has 0 unspecified atom stereocenters. The second-order valence-electron chi connectivity index (χ2n) is 7.22. The number of aliphatic hydroxyl groups excluding tert-OH is 1. The van der Waals surface area contributed by atoms with E-state index in [0.29, 0.717) is 19.3 Å². The normalized spacial score (nSPS) is 16.5. The van der Waals surface area contributed by atoms with Crippen molar-refractivity contribution in [2.45, 2.75) is 50.9 Å². The van der Waals surface area contributed by atoms with E-state index in [4.69, 9.17) is 9.15 Å². The molecule has 1 aliphatic carbocycles. The number of rotatable bonds is 7.